The number of aliphatic hydroxyl groups excluding tert-OH is 4. The van der Waals surface area contributed by atoms with Crippen molar-refractivity contribution in [2.24, 2.45) is 0 Å². The minimum atomic E-state index is -0.940. The Morgan fingerprint density at radius 2 is 1.79 bits per heavy atom. The minimum absolute atomic E-state index is 0. The Morgan fingerprint density at radius 1 is 1.14 bits per heavy atom. The summed E-state index contributed by atoms with van der Waals surface area (Å²) in [4.78, 5) is 1.79. The largest absolute Gasteiger partial charge is 0.395 e. The maximum absolute atomic E-state index is 9.58. The summed E-state index contributed by atoms with van der Waals surface area (Å²) in [7, 11) is 0. The second-order valence-corrected chi connectivity index (χ2v) is 3.82. The molecule has 14 heavy (non-hydrogen) atoms. The molecule has 2 rings (SSSR count). The topological polar surface area (TPSA) is 84.2 Å². The maximum Gasteiger partial charge on any atom is 0.0995 e. The lowest BCUT2D eigenvalue weighted by atomic mass is 10.0. The summed E-state index contributed by atoms with van der Waals surface area (Å²) in [6.07, 6.45) is -1.86. The lowest BCUT2D eigenvalue weighted by Gasteiger charge is -2.22. The van der Waals surface area contributed by atoms with E-state index in [0.717, 1.165) is 0 Å². The van der Waals surface area contributed by atoms with Crippen molar-refractivity contribution in [3.63, 3.8) is 0 Å². The molecule has 2 aliphatic heterocycles. The highest BCUT2D eigenvalue weighted by molar-refractivity contribution is 5.85. The predicted octanol–water partition coefficient (Wildman–Crippen LogP) is -2.06. The van der Waals surface area contributed by atoms with E-state index in [1.165, 1.54) is 0 Å². The highest BCUT2D eigenvalue weighted by atomic mass is 35.5. The molecule has 0 aliphatic carbocycles. The summed E-state index contributed by atoms with van der Waals surface area (Å²) in [5, 5.41) is 37.6. The van der Waals surface area contributed by atoms with Crippen molar-refractivity contribution in [1.29, 1.82) is 0 Å². The van der Waals surface area contributed by atoms with E-state index >= 15 is 0 Å². The van der Waals surface area contributed by atoms with Crippen LogP contribution in [-0.4, -0.2) is 68.9 Å². The smallest absolute Gasteiger partial charge is 0.0995 e. The SMILES string of the molecule is Cl.OCC1C(O)C(O)C2C(O)CCN12. The van der Waals surface area contributed by atoms with Gasteiger partial charge in [0.05, 0.1) is 37.0 Å². The molecule has 84 valence electrons. The van der Waals surface area contributed by atoms with Gasteiger partial charge in [0.2, 0.25) is 0 Å². The van der Waals surface area contributed by atoms with Crippen LogP contribution < -0.4 is 0 Å². The average Bonchev–Trinajstić information content (AvgIpc) is 2.57. The fraction of sp³-hybridized carbons (Fsp3) is 1.00. The third-order valence-electron chi connectivity index (χ3n) is 3.17. The normalized spacial score (nSPS) is 47.6. The third-order valence-corrected chi connectivity index (χ3v) is 3.17. The van der Waals surface area contributed by atoms with Crippen molar-refractivity contribution < 1.29 is 20.4 Å². The summed E-state index contributed by atoms with van der Waals surface area (Å²) in [6, 6.07) is -0.815. The molecule has 0 bridgehead atoms. The van der Waals surface area contributed by atoms with Crippen LogP contribution in [0, 0.1) is 0 Å². The van der Waals surface area contributed by atoms with Crippen LogP contribution in [0.4, 0.5) is 0 Å². The van der Waals surface area contributed by atoms with Gasteiger partial charge < -0.3 is 20.4 Å². The standard InChI is InChI=1S/C8H15NO4.ClH/c10-3-4-7(12)8(13)6-5(11)1-2-9(4)6;/h4-8,10-13H,1-3H2;1H. The summed E-state index contributed by atoms with van der Waals surface area (Å²) in [5.74, 6) is 0. The number of rotatable bonds is 1. The Morgan fingerprint density at radius 3 is 2.36 bits per heavy atom. The summed E-state index contributed by atoms with van der Waals surface area (Å²) >= 11 is 0. The number of fused-ring (bicyclic) bond motifs is 1. The number of nitrogens with zero attached hydrogens (tertiary/aromatic N) is 1. The van der Waals surface area contributed by atoms with Crippen LogP contribution in [0.2, 0.25) is 0 Å². The Balaban J connectivity index is 0.000000980. The first-order chi connectivity index (χ1) is 6.16. The Kier molecular flexibility index (Phi) is 3.74. The maximum atomic E-state index is 9.58. The van der Waals surface area contributed by atoms with Gasteiger partial charge in [-0.15, -0.1) is 12.4 Å². The first kappa shape index (κ1) is 12.2. The molecule has 6 heteroatoms. The molecule has 0 spiro atoms. The van der Waals surface area contributed by atoms with Gasteiger partial charge in [-0.05, 0) is 6.42 Å². The lowest BCUT2D eigenvalue weighted by molar-refractivity contribution is -0.000895. The van der Waals surface area contributed by atoms with E-state index in [1.807, 2.05) is 0 Å². The quantitative estimate of drug-likeness (QED) is 0.413. The molecule has 0 radical (unpaired) electrons. The van der Waals surface area contributed by atoms with Crippen molar-refractivity contribution in [1.82, 2.24) is 4.90 Å². The van der Waals surface area contributed by atoms with Gasteiger partial charge in [-0.1, -0.05) is 0 Å². The molecule has 0 aromatic carbocycles. The Hall–Kier alpha value is 0.0900. The highest BCUT2D eigenvalue weighted by Crippen LogP contribution is 2.33. The van der Waals surface area contributed by atoms with Crippen molar-refractivity contribution >= 4 is 12.4 Å². The molecule has 0 aromatic heterocycles. The molecule has 4 N–H and O–H groups in total. The summed E-state index contributed by atoms with van der Waals surface area (Å²) in [6.45, 7) is 0.451. The first-order valence-electron chi connectivity index (χ1n) is 4.57. The fourth-order valence-electron chi connectivity index (χ4n) is 2.47. The van der Waals surface area contributed by atoms with Crippen molar-refractivity contribution in [3.8, 4) is 0 Å². The zero-order valence-corrected chi connectivity index (χ0v) is 8.47. The minimum Gasteiger partial charge on any atom is -0.395 e. The van der Waals surface area contributed by atoms with Gasteiger partial charge in [0.15, 0.2) is 0 Å². The summed E-state index contributed by atoms with van der Waals surface area (Å²) in [5.41, 5.74) is 0. The Bertz CT molecular complexity index is 206. The molecule has 5 atom stereocenters. The van der Waals surface area contributed by atoms with Crippen LogP contribution in [0.1, 0.15) is 6.42 Å². The number of hydrogen-bond acceptors (Lipinski definition) is 5. The molecule has 2 heterocycles. The van der Waals surface area contributed by atoms with E-state index < -0.39 is 30.4 Å². The molecule has 2 fully saturated rings. The molecular formula is C8H16ClNO4. The molecule has 0 saturated carbocycles. The molecule has 0 amide bonds. The van der Waals surface area contributed by atoms with E-state index in [4.69, 9.17) is 5.11 Å². The zero-order chi connectivity index (χ0) is 9.59. The van der Waals surface area contributed by atoms with Crippen LogP contribution in [0.3, 0.4) is 0 Å². The number of aliphatic hydroxyl groups is 4. The van der Waals surface area contributed by atoms with Crippen LogP contribution in [0.25, 0.3) is 0 Å². The van der Waals surface area contributed by atoms with Gasteiger partial charge in [0.25, 0.3) is 0 Å². The Labute approximate surface area is 88.4 Å². The van der Waals surface area contributed by atoms with E-state index in [9.17, 15) is 15.3 Å². The molecule has 0 aromatic rings. The average molecular weight is 226 g/mol. The van der Waals surface area contributed by atoms with Crippen LogP contribution in [-0.2, 0) is 0 Å². The molecule has 2 aliphatic rings. The van der Waals surface area contributed by atoms with Gasteiger partial charge in [-0.2, -0.15) is 0 Å². The number of halogens is 1. The second kappa shape index (κ2) is 4.30. The van der Waals surface area contributed by atoms with E-state index in [0.29, 0.717) is 13.0 Å². The predicted molar refractivity (Wildman–Crippen MR) is 51.3 cm³/mol. The van der Waals surface area contributed by atoms with Gasteiger partial charge in [0, 0.05) is 6.54 Å². The van der Waals surface area contributed by atoms with Crippen molar-refractivity contribution in [3.05, 3.63) is 0 Å². The van der Waals surface area contributed by atoms with Crippen molar-refractivity contribution in [2.75, 3.05) is 13.2 Å². The lowest BCUT2D eigenvalue weighted by Crippen LogP contribution is -2.39. The van der Waals surface area contributed by atoms with Gasteiger partial charge >= 0.3 is 0 Å². The molecule has 5 unspecified atom stereocenters. The highest BCUT2D eigenvalue weighted by Gasteiger charge is 2.52. The van der Waals surface area contributed by atoms with Gasteiger partial charge in [-0.25, -0.2) is 0 Å². The van der Waals surface area contributed by atoms with E-state index in [2.05, 4.69) is 0 Å². The fourth-order valence-corrected chi connectivity index (χ4v) is 2.47. The first-order valence-corrected chi connectivity index (χ1v) is 4.57. The van der Waals surface area contributed by atoms with Gasteiger partial charge in [0.1, 0.15) is 0 Å². The third kappa shape index (κ3) is 1.54. The second-order valence-electron chi connectivity index (χ2n) is 3.82. The van der Waals surface area contributed by atoms with Crippen LogP contribution >= 0.6 is 12.4 Å². The zero-order valence-electron chi connectivity index (χ0n) is 7.65. The van der Waals surface area contributed by atoms with Gasteiger partial charge in [-0.3, -0.25) is 4.90 Å². The monoisotopic (exact) mass is 225 g/mol. The van der Waals surface area contributed by atoms with Crippen LogP contribution in [0.15, 0.2) is 0 Å². The summed E-state index contributed by atoms with van der Waals surface area (Å²) < 4.78 is 0. The van der Waals surface area contributed by atoms with E-state index in [-0.39, 0.29) is 19.0 Å². The van der Waals surface area contributed by atoms with Crippen LogP contribution in [0.5, 0.6) is 0 Å². The van der Waals surface area contributed by atoms with Crippen molar-refractivity contribution in [2.45, 2.75) is 36.8 Å². The molecular weight excluding hydrogens is 210 g/mol. The number of hydrogen-bond donors (Lipinski definition) is 4. The van der Waals surface area contributed by atoms with E-state index in [1.54, 1.807) is 4.90 Å². The molecule has 5 nitrogen and oxygen atoms in total. The molecule has 2 saturated heterocycles.